The van der Waals surface area contributed by atoms with Crippen LogP contribution < -0.4 is 0 Å². The van der Waals surface area contributed by atoms with Crippen LogP contribution in [0.25, 0.3) is 11.1 Å². The fourth-order valence-corrected chi connectivity index (χ4v) is 3.39. The number of rotatable bonds is 3. The zero-order valence-electron chi connectivity index (χ0n) is 13.6. The molecular formula is C20H22F2O. The van der Waals surface area contributed by atoms with Crippen LogP contribution in [0.5, 0.6) is 0 Å². The number of methoxy groups -OCH3 is 1. The molecule has 3 heteroatoms. The molecule has 2 aromatic rings. The molecule has 0 atom stereocenters. The minimum atomic E-state index is -0.498. The lowest BCUT2D eigenvalue weighted by molar-refractivity contribution is 0.0659. The predicted molar refractivity (Wildman–Crippen MR) is 88.5 cm³/mol. The van der Waals surface area contributed by atoms with Crippen LogP contribution >= 0.6 is 0 Å². The van der Waals surface area contributed by atoms with Gasteiger partial charge in [0.2, 0.25) is 0 Å². The Hall–Kier alpha value is -1.74. The molecule has 122 valence electrons. The van der Waals surface area contributed by atoms with Crippen molar-refractivity contribution in [2.45, 2.75) is 44.6 Å². The van der Waals surface area contributed by atoms with Gasteiger partial charge in [-0.25, -0.2) is 8.78 Å². The maximum Gasteiger partial charge on any atom is 0.129 e. The highest BCUT2D eigenvalue weighted by atomic mass is 19.1. The average Bonchev–Trinajstić information content (AvgIpc) is 2.59. The second-order valence-corrected chi connectivity index (χ2v) is 6.40. The monoisotopic (exact) mass is 316 g/mol. The molecule has 1 nitrogen and oxygen atoms in total. The first kappa shape index (κ1) is 16.1. The summed E-state index contributed by atoms with van der Waals surface area (Å²) in [5.74, 6) is -0.439. The summed E-state index contributed by atoms with van der Waals surface area (Å²) in [5, 5.41) is 0. The van der Waals surface area contributed by atoms with E-state index in [9.17, 15) is 8.78 Å². The lowest BCUT2D eigenvalue weighted by Crippen LogP contribution is -2.19. The van der Waals surface area contributed by atoms with E-state index in [2.05, 4.69) is 12.1 Å². The van der Waals surface area contributed by atoms with E-state index in [4.69, 9.17) is 4.74 Å². The molecule has 1 saturated carbocycles. The maximum absolute atomic E-state index is 13.7. The minimum absolute atomic E-state index is 0.0697. The first-order valence-electron chi connectivity index (χ1n) is 8.17. The summed E-state index contributed by atoms with van der Waals surface area (Å²) < 4.78 is 32.8. The van der Waals surface area contributed by atoms with Gasteiger partial charge in [0.05, 0.1) is 6.10 Å². The van der Waals surface area contributed by atoms with Crippen molar-refractivity contribution in [3.05, 3.63) is 59.2 Å². The van der Waals surface area contributed by atoms with Crippen molar-refractivity contribution in [2.75, 3.05) is 7.11 Å². The van der Waals surface area contributed by atoms with Crippen molar-refractivity contribution < 1.29 is 13.5 Å². The Morgan fingerprint density at radius 3 is 1.96 bits per heavy atom. The van der Waals surface area contributed by atoms with E-state index in [1.165, 1.54) is 24.6 Å². The standard InChI is InChI=1S/C20H22F2O/c1-13-19(21)11-17(12-20(13)22)16-5-3-14(4-6-16)15-7-9-18(23-2)10-8-15/h3-6,11-12,15,18H,7-10H2,1-2H3. The molecule has 2 aromatic carbocycles. The molecule has 1 aliphatic rings. The Labute approximate surface area is 136 Å². The van der Waals surface area contributed by atoms with Crippen LogP contribution in [0.4, 0.5) is 8.78 Å². The predicted octanol–water partition coefficient (Wildman–Crippen LogP) is 5.61. The molecule has 1 aliphatic carbocycles. The molecule has 0 bridgehead atoms. The number of halogens is 2. The van der Waals surface area contributed by atoms with Gasteiger partial charge in [-0.15, -0.1) is 0 Å². The van der Waals surface area contributed by atoms with E-state index in [1.54, 1.807) is 7.11 Å². The fourth-order valence-electron chi connectivity index (χ4n) is 3.39. The molecule has 0 N–H and O–H groups in total. The molecule has 3 rings (SSSR count). The zero-order valence-corrected chi connectivity index (χ0v) is 13.6. The summed E-state index contributed by atoms with van der Waals surface area (Å²) in [7, 11) is 1.78. The van der Waals surface area contributed by atoms with E-state index in [0.717, 1.165) is 31.2 Å². The maximum atomic E-state index is 13.7. The van der Waals surface area contributed by atoms with Crippen molar-refractivity contribution in [1.82, 2.24) is 0 Å². The number of benzene rings is 2. The first-order valence-corrected chi connectivity index (χ1v) is 8.17. The second kappa shape index (κ2) is 6.79. The summed E-state index contributed by atoms with van der Waals surface area (Å²) in [6, 6.07) is 10.9. The third-order valence-corrected chi connectivity index (χ3v) is 5.00. The van der Waals surface area contributed by atoms with Crippen LogP contribution in [0.3, 0.4) is 0 Å². The van der Waals surface area contributed by atoms with Gasteiger partial charge in [-0.2, -0.15) is 0 Å². The number of hydrogen-bond donors (Lipinski definition) is 0. The lowest BCUT2D eigenvalue weighted by Gasteiger charge is -2.27. The topological polar surface area (TPSA) is 9.23 Å². The van der Waals surface area contributed by atoms with Gasteiger partial charge in [0, 0.05) is 12.7 Å². The zero-order chi connectivity index (χ0) is 16.4. The van der Waals surface area contributed by atoms with Crippen LogP contribution in [-0.2, 0) is 4.74 Å². The molecule has 0 radical (unpaired) electrons. The van der Waals surface area contributed by atoms with E-state index < -0.39 is 11.6 Å². The van der Waals surface area contributed by atoms with Gasteiger partial charge < -0.3 is 4.74 Å². The van der Waals surface area contributed by atoms with Gasteiger partial charge >= 0.3 is 0 Å². The normalized spacial score (nSPS) is 21.4. The van der Waals surface area contributed by atoms with Crippen LogP contribution in [0.1, 0.15) is 42.7 Å². The van der Waals surface area contributed by atoms with Crippen molar-refractivity contribution in [1.29, 1.82) is 0 Å². The lowest BCUT2D eigenvalue weighted by atomic mass is 9.82. The van der Waals surface area contributed by atoms with Gasteiger partial charge in [-0.3, -0.25) is 0 Å². The molecule has 0 saturated heterocycles. The molecule has 0 aliphatic heterocycles. The molecule has 0 amide bonds. The van der Waals surface area contributed by atoms with Crippen molar-refractivity contribution >= 4 is 0 Å². The minimum Gasteiger partial charge on any atom is -0.381 e. The molecule has 0 heterocycles. The van der Waals surface area contributed by atoms with E-state index in [0.29, 0.717) is 17.6 Å². The Kier molecular flexibility index (Phi) is 4.76. The third-order valence-electron chi connectivity index (χ3n) is 5.00. The van der Waals surface area contributed by atoms with Crippen LogP contribution in [0.2, 0.25) is 0 Å². The Balaban J connectivity index is 1.77. The van der Waals surface area contributed by atoms with Gasteiger partial charge in [0.15, 0.2) is 0 Å². The van der Waals surface area contributed by atoms with Crippen molar-refractivity contribution in [3.63, 3.8) is 0 Å². The smallest absolute Gasteiger partial charge is 0.129 e. The first-order chi connectivity index (χ1) is 11.1. The highest BCUT2D eigenvalue weighted by molar-refractivity contribution is 5.64. The quantitative estimate of drug-likeness (QED) is 0.715. The molecule has 0 aromatic heterocycles. The third kappa shape index (κ3) is 3.45. The molecule has 23 heavy (non-hydrogen) atoms. The summed E-state index contributed by atoms with van der Waals surface area (Å²) in [5.41, 5.74) is 2.80. The summed E-state index contributed by atoms with van der Waals surface area (Å²) in [6.07, 6.45) is 4.84. The molecular weight excluding hydrogens is 294 g/mol. The number of hydrogen-bond acceptors (Lipinski definition) is 1. The second-order valence-electron chi connectivity index (χ2n) is 6.40. The molecule has 1 fully saturated rings. The van der Waals surface area contributed by atoms with Gasteiger partial charge in [0.25, 0.3) is 0 Å². The summed E-state index contributed by atoms with van der Waals surface area (Å²) in [4.78, 5) is 0. The Morgan fingerprint density at radius 2 is 1.43 bits per heavy atom. The highest BCUT2D eigenvalue weighted by Gasteiger charge is 2.22. The van der Waals surface area contributed by atoms with Crippen LogP contribution in [0.15, 0.2) is 36.4 Å². The van der Waals surface area contributed by atoms with Crippen LogP contribution in [0, 0.1) is 18.6 Å². The SMILES string of the molecule is COC1CCC(c2ccc(-c3cc(F)c(C)c(F)c3)cc2)CC1. The van der Waals surface area contributed by atoms with Gasteiger partial charge in [-0.1, -0.05) is 24.3 Å². The van der Waals surface area contributed by atoms with E-state index >= 15 is 0 Å². The summed E-state index contributed by atoms with van der Waals surface area (Å²) >= 11 is 0. The van der Waals surface area contributed by atoms with Gasteiger partial charge in [-0.05, 0) is 67.3 Å². The van der Waals surface area contributed by atoms with Crippen LogP contribution in [-0.4, -0.2) is 13.2 Å². The fraction of sp³-hybridized carbons (Fsp3) is 0.400. The largest absolute Gasteiger partial charge is 0.381 e. The van der Waals surface area contributed by atoms with Gasteiger partial charge in [0.1, 0.15) is 11.6 Å². The Bertz CT molecular complexity index is 648. The molecule has 0 spiro atoms. The van der Waals surface area contributed by atoms with Crippen molar-refractivity contribution in [3.8, 4) is 11.1 Å². The Morgan fingerprint density at radius 1 is 0.870 bits per heavy atom. The van der Waals surface area contributed by atoms with E-state index in [1.807, 2.05) is 12.1 Å². The number of ether oxygens (including phenoxy) is 1. The summed E-state index contributed by atoms with van der Waals surface area (Å²) in [6.45, 7) is 1.45. The average molecular weight is 316 g/mol. The van der Waals surface area contributed by atoms with E-state index in [-0.39, 0.29) is 5.56 Å². The van der Waals surface area contributed by atoms with Crippen molar-refractivity contribution in [2.24, 2.45) is 0 Å². The molecule has 0 unspecified atom stereocenters. The highest BCUT2D eigenvalue weighted by Crippen LogP contribution is 2.35.